The first-order chi connectivity index (χ1) is 8.99. The number of hydrogen-bond donors (Lipinski definition) is 1. The normalized spacial score (nSPS) is 13.4. The van der Waals surface area contributed by atoms with Gasteiger partial charge < -0.3 is 14.8 Å². The minimum Gasteiger partial charge on any atom is -0.454 e. The molecule has 0 fully saturated rings. The van der Waals surface area contributed by atoms with Crippen molar-refractivity contribution >= 4 is 11.6 Å². The summed E-state index contributed by atoms with van der Waals surface area (Å²) in [7, 11) is 0. The van der Waals surface area contributed by atoms with Gasteiger partial charge in [-0.25, -0.2) is 0 Å². The highest BCUT2D eigenvalue weighted by Gasteiger charge is 2.26. The number of benzene rings is 1. The van der Waals surface area contributed by atoms with Crippen molar-refractivity contribution in [3.8, 4) is 11.5 Å². The predicted octanol–water partition coefficient (Wildman–Crippen LogP) is 3.28. The molecule has 1 amide bonds. The lowest BCUT2D eigenvalue weighted by Gasteiger charge is -2.23. The zero-order valence-electron chi connectivity index (χ0n) is 11.9. The van der Waals surface area contributed by atoms with E-state index in [0.29, 0.717) is 17.6 Å². The lowest BCUT2D eigenvalue weighted by atomic mass is 9.85. The van der Waals surface area contributed by atoms with Crippen molar-refractivity contribution in [1.82, 2.24) is 0 Å². The lowest BCUT2D eigenvalue weighted by Crippen LogP contribution is -2.30. The number of carbonyl (C=O) groups excluding carboxylic acids is 1. The molecule has 1 heterocycles. The van der Waals surface area contributed by atoms with Crippen LogP contribution in [0.5, 0.6) is 11.5 Å². The molecular formula is C15H21NO3. The van der Waals surface area contributed by atoms with E-state index in [1.54, 1.807) is 6.07 Å². The van der Waals surface area contributed by atoms with Gasteiger partial charge in [-0.05, 0) is 24.0 Å². The summed E-state index contributed by atoms with van der Waals surface area (Å²) in [6.45, 7) is 8.54. The highest BCUT2D eigenvalue weighted by atomic mass is 16.7. The molecule has 1 aliphatic heterocycles. The van der Waals surface area contributed by atoms with E-state index in [1.165, 1.54) is 0 Å². The Morgan fingerprint density at radius 3 is 2.37 bits per heavy atom. The second kappa shape index (κ2) is 5.51. The molecule has 1 aromatic rings. The number of nitrogens with one attached hydrogen (secondary N) is 1. The van der Waals surface area contributed by atoms with Gasteiger partial charge in [-0.15, -0.1) is 0 Å². The summed E-state index contributed by atoms with van der Waals surface area (Å²) in [6, 6.07) is 5.46. The third-order valence-electron chi connectivity index (χ3n) is 3.38. The quantitative estimate of drug-likeness (QED) is 0.906. The number of anilines is 1. The summed E-state index contributed by atoms with van der Waals surface area (Å²) < 4.78 is 10.5. The predicted molar refractivity (Wildman–Crippen MR) is 74.4 cm³/mol. The first kappa shape index (κ1) is 13.7. The van der Waals surface area contributed by atoms with Crippen LogP contribution in [0, 0.1) is 17.8 Å². The van der Waals surface area contributed by atoms with E-state index >= 15 is 0 Å². The molecule has 0 spiro atoms. The molecule has 4 nitrogen and oxygen atoms in total. The Balaban J connectivity index is 2.10. The van der Waals surface area contributed by atoms with Crippen LogP contribution in [-0.2, 0) is 4.79 Å². The van der Waals surface area contributed by atoms with Crippen molar-refractivity contribution in [3.05, 3.63) is 18.2 Å². The number of rotatable bonds is 4. The fraction of sp³-hybridized carbons (Fsp3) is 0.533. The van der Waals surface area contributed by atoms with Gasteiger partial charge in [0.2, 0.25) is 12.7 Å². The molecular weight excluding hydrogens is 242 g/mol. The monoisotopic (exact) mass is 263 g/mol. The minimum absolute atomic E-state index is 0.00502. The van der Waals surface area contributed by atoms with Gasteiger partial charge in [0.15, 0.2) is 11.5 Å². The highest BCUT2D eigenvalue weighted by molar-refractivity contribution is 5.93. The third kappa shape index (κ3) is 3.00. The molecule has 0 unspecified atom stereocenters. The molecule has 0 atom stereocenters. The standard InChI is InChI=1S/C15H21NO3/c1-9(2)14(10(3)4)15(17)16-11-5-6-12-13(7-11)19-8-18-12/h5-7,9-10,14H,8H2,1-4H3,(H,16,17). The first-order valence-electron chi connectivity index (χ1n) is 6.69. The minimum atomic E-state index is 0.00502. The molecule has 1 aliphatic rings. The zero-order chi connectivity index (χ0) is 14.0. The largest absolute Gasteiger partial charge is 0.454 e. The second-order valence-electron chi connectivity index (χ2n) is 5.57. The van der Waals surface area contributed by atoms with Crippen molar-refractivity contribution in [2.45, 2.75) is 27.7 Å². The molecule has 0 saturated carbocycles. The van der Waals surface area contributed by atoms with Crippen molar-refractivity contribution in [3.63, 3.8) is 0 Å². The van der Waals surface area contributed by atoms with Crippen molar-refractivity contribution in [2.24, 2.45) is 17.8 Å². The van der Waals surface area contributed by atoms with E-state index < -0.39 is 0 Å². The lowest BCUT2D eigenvalue weighted by molar-refractivity contribution is -0.122. The molecule has 0 aliphatic carbocycles. The zero-order valence-corrected chi connectivity index (χ0v) is 11.9. The maximum Gasteiger partial charge on any atom is 0.231 e. The van der Waals surface area contributed by atoms with E-state index in [1.807, 2.05) is 12.1 Å². The van der Waals surface area contributed by atoms with Gasteiger partial charge in [-0.1, -0.05) is 27.7 Å². The van der Waals surface area contributed by atoms with E-state index in [0.717, 1.165) is 11.4 Å². The molecule has 4 heteroatoms. The Bertz CT molecular complexity index is 460. The Morgan fingerprint density at radius 1 is 1.11 bits per heavy atom. The third-order valence-corrected chi connectivity index (χ3v) is 3.38. The average molecular weight is 263 g/mol. The van der Waals surface area contributed by atoms with Gasteiger partial charge >= 0.3 is 0 Å². The second-order valence-corrected chi connectivity index (χ2v) is 5.57. The van der Waals surface area contributed by atoms with Crippen LogP contribution in [0.3, 0.4) is 0 Å². The van der Waals surface area contributed by atoms with E-state index in [4.69, 9.17) is 9.47 Å². The van der Waals surface area contributed by atoms with Gasteiger partial charge in [0, 0.05) is 17.7 Å². The van der Waals surface area contributed by atoms with Crippen LogP contribution >= 0.6 is 0 Å². The Hall–Kier alpha value is -1.71. The molecule has 1 aromatic carbocycles. The van der Waals surface area contributed by atoms with Crippen LogP contribution in [0.25, 0.3) is 0 Å². The molecule has 0 saturated heterocycles. The van der Waals surface area contributed by atoms with Crippen LogP contribution in [0.2, 0.25) is 0 Å². The molecule has 19 heavy (non-hydrogen) atoms. The van der Waals surface area contributed by atoms with Crippen LogP contribution in [0.15, 0.2) is 18.2 Å². The van der Waals surface area contributed by atoms with Crippen LogP contribution in [0.4, 0.5) is 5.69 Å². The Labute approximate surface area is 114 Å². The summed E-state index contributed by atoms with van der Waals surface area (Å²) in [4.78, 5) is 12.3. The fourth-order valence-electron chi connectivity index (χ4n) is 2.58. The van der Waals surface area contributed by atoms with E-state index in [2.05, 4.69) is 33.0 Å². The SMILES string of the molecule is CC(C)C(C(=O)Nc1ccc2c(c1)OCO2)C(C)C. The summed E-state index contributed by atoms with van der Waals surface area (Å²) in [6.07, 6.45) is 0. The number of ether oxygens (including phenoxy) is 2. The number of carbonyl (C=O) groups is 1. The van der Waals surface area contributed by atoms with E-state index in [9.17, 15) is 4.79 Å². The van der Waals surface area contributed by atoms with Crippen molar-refractivity contribution in [2.75, 3.05) is 12.1 Å². The number of fused-ring (bicyclic) bond motifs is 1. The summed E-state index contributed by atoms with van der Waals surface area (Å²) in [5.41, 5.74) is 0.751. The van der Waals surface area contributed by atoms with Gasteiger partial charge in [0.25, 0.3) is 0 Å². The molecule has 2 rings (SSSR count). The topological polar surface area (TPSA) is 47.6 Å². The maximum atomic E-state index is 12.3. The smallest absolute Gasteiger partial charge is 0.231 e. The van der Waals surface area contributed by atoms with Crippen LogP contribution < -0.4 is 14.8 Å². The van der Waals surface area contributed by atoms with Crippen molar-refractivity contribution in [1.29, 1.82) is 0 Å². The maximum absolute atomic E-state index is 12.3. The highest BCUT2D eigenvalue weighted by Crippen LogP contribution is 2.34. The Kier molecular flexibility index (Phi) is 3.98. The number of amides is 1. The number of hydrogen-bond acceptors (Lipinski definition) is 3. The summed E-state index contributed by atoms with van der Waals surface area (Å²) >= 11 is 0. The van der Waals surface area contributed by atoms with Gasteiger partial charge in [-0.2, -0.15) is 0 Å². The van der Waals surface area contributed by atoms with Gasteiger partial charge in [0.05, 0.1) is 0 Å². The molecule has 0 bridgehead atoms. The van der Waals surface area contributed by atoms with Crippen molar-refractivity contribution < 1.29 is 14.3 Å². The molecule has 0 aromatic heterocycles. The summed E-state index contributed by atoms with van der Waals surface area (Å²) in [5, 5.41) is 2.96. The fourth-order valence-corrected chi connectivity index (χ4v) is 2.58. The van der Waals surface area contributed by atoms with Crippen LogP contribution in [0.1, 0.15) is 27.7 Å². The van der Waals surface area contributed by atoms with Gasteiger partial charge in [0.1, 0.15) is 0 Å². The molecule has 104 valence electrons. The average Bonchev–Trinajstić information content (AvgIpc) is 2.74. The molecule has 0 radical (unpaired) electrons. The van der Waals surface area contributed by atoms with Gasteiger partial charge in [-0.3, -0.25) is 4.79 Å². The molecule has 1 N–H and O–H groups in total. The Morgan fingerprint density at radius 2 is 1.74 bits per heavy atom. The first-order valence-corrected chi connectivity index (χ1v) is 6.69. The van der Waals surface area contributed by atoms with E-state index in [-0.39, 0.29) is 18.6 Å². The van der Waals surface area contributed by atoms with Crippen LogP contribution in [-0.4, -0.2) is 12.7 Å². The summed E-state index contributed by atoms with van der Waals surface area (Å²) in [5.74, 6) is 2.10.